The van der Waals surface area contributed by atoms with E-state index in [1.807, 2.05) is 39.8 Å². The summed E-state index contributed by atoms with van der Waals surface area (Å²) in [4.78, 5) is 29.2. The third-order valence-corrected chi connectivity index (χ3v) is 9.20. The predicted octanol–water partition coefficient (Wildman–Crippen LogP) is 5.88. The van der Waals surface area contributed by atoms with Crippen LogP contribution in [-0.2, 0) is 26.2 Å². The maximum Gasteiger partial charge on any atom is 0.264 e. The molecule has 3 aromatic carbocycles. The lowest BCUT2D eigenvalue weighted by Crippen LogP contribution is -2.53. The van der Waals surface area contributed by atoms with Crippen LogP contribution in [0.15, 0.2) is 71.6 Å². The lowest BCUT2D eigenvalue weighted by molar-refractivity contribution is -0.140. The molecule has 3 rings (SSSR count). The van der Waals surface area contributed by atoms with Gasteiger partial charge in [-0.1, -0.05) is 55.3 Å². The van der Waals surface area contributed by atoms with E-state index in [9.17, 15) is 18.0 Å². The number of hydrogen-bond acceptors (Lipinski definition) is 5. The number of benzene rings is 3. The summed E-state index contributed by atoms with van der Waals surface area (Å²) in [7, 11) is -2.62. The molecular formula is C32H40ClN3O5S. The summed E-state index contributed by atoms with van der Waals surface area (Å²) >= 11 is 6.19. The average molecular weight is 614 g/mol. The van der Waals surface area contributed by atoms with Crippen LogP contribution >= 0.6 is 11.6 Å². The van der Waals surface area contributed by atoms with Crippen molar-refractivity contribution in [1.82, 2.24) is 10.2 Å². The fourth-order valence-electron chi connectivity index (χ4n) is 4.58. The standard InChI is InChI=1S/C32H40ClN3O5S/c1-7-24(5)34-32(38)29(8-2)35(20-25-10-9-11-27(19-25)41-6)31(37)21-36(30-17-14-26(33)18-23(30)4)42(39,40)28-15-12-22(3)13-16-28/h9-19,24,29H,7-8,20-21H2,1-6H3,(H,34,38). The topological polar surface area (TPSA) is 96.0 Å². The van der Waals surface area contributed by atoms with Crippen LogP contribution in [0, 0.1) is 13.8 Å². The van der Waals surface area contributed by atoms with Gasteiger partial charge in [0.1, 0.15) is 18.3 Å². The summed E-state index contributed by atoms with van der Waals surface area (Å²) in [6.45, 7) is 8.87. The number of aryl methyl sites for hydroxylation is 2. The number of methoxy groups -OCH3 is 1. The van der Waals surface area contributed by atoms with Gasteiger partial charge in [0.05, 0.1) is 17.7 Å². The molecule has 42 heavy (non-hydrogen) atoms. The van der Waals surface area contributed by atoms with E-state index in [2.05, 4.69) is 5.32 Å². The molecule has 0 aromatic heterocycles. The van der Waals surface area contributed by atoms with E-state index in [1.165, 1.54) is 17.0 Å². The number of hydrogen-bond donors (Lipinski definition) is 1. The van der Waals surface area contributed by atoms with Gasteiger partial charge in [0, 0.05) is 17.6 Å². The highest BCUT2D eigenvalue weighted by atomic mass is 35.5. The lowest BCUT2D eigenvalue weighted by atomic mass is 10.1. The Balaban J connectivity index is 2.10. The predicted molar refractivity (Wildman–Crippen MR) is 167 cm³/mol. The minimum atomic E-state index is -4.17. The molecule has 226 valence electrons. The van der Waals surface area contributed by atoms with Crippen molar-refractivity contribution in [2.75, 3.05) is 18.0 Å². The molecule has 0 bridgehead atoms. The molecule has 0 aliphatic rings. The van der Waals surface area contributed by atoms with Gasteiger partial charge in [0.15, 0.2) is 0 Å². The molecule has 0 saturated heterocycles. The number of nitrogens with one attached hydrogen (secondary N) is 1. The molecule has 0 saturated carbocycles. The normalized spacial score (nSPS) is 12.7. The largest absolute Gasteiger partial charge is 0.497 e. The van der Waals surface area contributed by atoms with Crippen molar-refractivity contribution < 1.29 is 22.7 Å². The van der Waals surface area contributed by atoms with Crippen LogP contribution in [0.5, 0.6) is 5.75 Å². The highest BCUT2D eigenvalue weighted by Crippen LogP contribution is 2.30. The zero-order valence-electron chi connectivity index (χ0n) is 25.1. The number of sulfonamides is 1. The number of carbonyl (C=O) groups is 2. The van der Waals surface area contributed by atoms with Gasteiger partial charge in [-0.05, 0) is 87.2 Å². The van der Waals surface area contributed by atoms with Crippen molar-refractivity contribution in [1.29, 1.82) is 0 Å². The minimum Gasteiger partial charge on any atom is -0.497 e. The van der Waals surface area contributed by atoms with E-state index in [0.717, 1.165) is 21.9 Å². The third-order valence-electron chi connectivity index (χ3n) is 7.19. The van der Waals surface area contributed by atoms with E-state index in [0.29, 0.717) is 28.4 Å². The van der Waals surface area contributed by atoms with Gasteiger partial charge in [-0.25, -0.2) is 8.42 Å². The van der Waals surface area contributed by atoms with Gasteiger partial charge in [0.25, 0.3) is 10.0 Å². The number of halogens is 1. The average Bonchev–Trinajstić information content (AvgIpc) is 2.96. The molecular weight excluding hydrogens is 574 g/mol. The number of nitrogens with zero attached hydrogens (tertiary/aromatic N) is 2. The highest BCUT2D eigenvalue weighted by Gasteiger charge is 2.34. The maximum atomic E-state index is 14.2. The van der Waals surface area contributed by atoms with Crippen molar-refractivity contribution in [2.45, 2.75) is 71.0 Å². The Labute approximate surface area is 254 Å². The molecule has 8 nitrogen and oxygen atoms in total. The van der Waals surface area contributed by atoms with E-state index in [-0.39, 0.29) is 23.4 Å². The van der Waals surface area contributed by atoms with Crippen LogP contribution < -0.4 is 14.4 Å². The Bertz CT molecular complexity index is 1490. The van der Waals surface area contributed by atoms with Gasteiger partial charge in [-0.3, -0.25) is 13.9 Å². The van der Waals surface area contributed by atoms with Gasteiger partial charge in [-0.15, -0.1) is 0 Å². The van der Waals surface area contributed by atoms with Crippen LogP contribution in [0.1, 0.15) is 50.3 Å². The Hall–Kier alpha value is -3.56. The fourth-order valence-corrected chi connectivity index (χ4v) is 6.28. The molecule has 2 atom stereocenters. The zero-order valence-corrected chi connectivity index (χ0v) is 26.6. The first kappa shape index (κ1) is 32.9. The Morgan fingerprint density at radius 2 is 1.67 bits per heavy atom. The van der Waals surface area contributed by atoms with Gasteiger partial charge in [-0.2, -0.15) is 0 Å². The molecule has 3 aromatic rings. The van der Waals surface area contributed by atoms with E-state index >= 15 is 0 Å². The number of carbonyl (C=O) groups excluding carboxylic acids is 2. The SMILES string of the molecule is CCC(C)NC(=O)C(CC)N(Cc1cccc(OC)c1)C(=O)CN(c1ccc(Cl)cc1C)S(=O)(=O)c1ccc(C)cc1. The number of amides is 2. The number of anilines is 1. The van der Waals surface area contributed by atoms with Crippen molar-refractivity contribution in [3.05, 3.63) is 88.4 Å². The first-order valence-corrected chi connectivity index (χ1v) is 15.8. The Morgan fingerprint density at radius 1 is 0.976 bits per heavy atom. The van der Waals surface area contributed by atoms with Gasteiger partial charge >= 0.3 is 0 Å². The van der Waals surface area contributed by atoms with Crippen LogP contribution in [0.4, 0.5) is 5.69 Å². The molecule has 2 amide bonds. The second kappa shape index (κ2) is 14.6. The lowest BCUT2D eigenvalue weighted by Gasteiger charge is -2.34. The molecule has 0 spiro atoms. The zero-order chi connectivity index (χ0) is 31.0. The summed E-state index contributed by atoms with van der Waals surface area (Å²) in [5.74, 6) is -0.204. The molecule has 0 radical (unpaired) electrons. The summed E-state index contributed by atoms with van der Waals surface area (Å²) in [5, 5.41) is 3.43. The van der Waals surface area contributed by atoms with Crippen molar-refractivity contribution in [3.63, 3.8) is 0 Å². The molecule has 1 N–H and O–H groups in total. The number of rotatable bonds is 13. The molecule has 2 unspecified atom stereocenters. The van der Waals surface area contributed by atoms with Crippen LogP contribution in [0.2, 0.25) is 5.02 Å². The van der Waals surface area contributed by atoms with E-state index in [1.54, 1.807) is 56.5 Å². The van der Waals surface area contributed by atoms with E-state index in [4.69, 9.17) is 16.3 Å². The summed E-state index contributed by atoms with van der Waals surface area (Å²) in [6, 6.07) is 17.6. The molecule has 0 heterocycles. The van der Waals surface area contributed by atoms with E-state index < -0.39 is 28.5 Å². The molecule has 0 aliphatic carbocycles. The molecule has 0 fully saturated rings. The maximum absolute atomic E-state index is 14.2. The van der Waals surface area contributed by atoms with Crippen molar-refractivity contribution >= 4 is 39.1 Å². The minimum absolute atomic E-state index is 0.0520. The highest BCUT2D eigenvalue weighted by molar-refractivity contribution is 7.92. The fraction of sp³-hybridized carbons (Fsp3) is 0.375. The van der Waals surface area contributed by atoms with Crippen molar-refractivity contribution in [2.24, 2.45) is 0 Å². The third kappa shape index (κ3) is 8.04. The first-order valence-electron chi connectivity index (χ1n) is 14.0. The van der Waals surface area contributed by atoms with Gasteiger partial charge in [0.2, 0.25) is 11.8 Å². The second-order valence-corrected chi connectivity index (χ2v) is 12.7. The Morgan fingerprint density at radius 3 is 2.26 bits per heavy atom. The van der Waals surface area contributed by atoms with Crippen LogP contribution in [-0.4, -0.2) is 50.9 Å². The smallest absolute Gasteiger partial charge is 0.264 e. The van der Waals surface area contributed by atoms with Crippen LogP contribution in [0.3, 0.4) is 0 Å². The molecule has 0 aliphatic heterocycles. The molecule has 10 heteroatoms. The monoisotopic (exact) mass is 613 g/mol. The summed E-state index contributed by atoms with van der Waals surface area (Å²) in [5.41, 5.74) is 2.56. The number of ether oxygens (including phenoxy) is 1. The second-order valence-electron chi connectivity index (χ2n) is 10.4. The summed E-state index contributed by atoms with van der Waals surface area (Å²) in [6.07, 6.45) is 1.06. The quantitative estimate of drug-likeness (QED) is 0.260. The Kier molecular flexibility index (Phi) is 11.4. The first-order chi connectivity index (χ1) is 19.9. The summed E-state index contributed by atoms with van der Waals surface area (Å²) < 4.78 is 34.6. The van der Waals surface area contributed by atoms with Crippen LogP contribution in [0.25, 0.3) is 0 Å². The van der Waals surface area contributed by atoms with Crippen molar-refractivity contribution in [3.8, 4) is 5.75 Å². The van der Waals surface area contributed by atoms with Gasteiger partial charge < -0.3 is 15.0 Å².